The van der Waals surface area contributed by atoms with Crippen molar-refractivity contribution in [1.82, 2.24) is 15.1 Å². The van der Waals surface area contributed by atoms with E-state index in [-0.39, 0.29) is 36.9 Å². The van der Waals surface area contributed by atoms with E-state index in [1.165, 1.54) is 4.90 Å². The number of likely N-dealkylation sites (tertiary alicyclic amines) is 2. The van der Waals surface area contributed by atoms with Gasteiger partial charge in [-0.2, -0.15) is 5.26 Å². The monoisotopic (exact) mass is 326 g/mol. The number of nitrogens with zero attached hydrogens (tertiary/aromatic N) is 3. The van der Waals surface area contributed by atoms with Gasteiger partial charge >= 0.3 is 0 Å². The number of alkyl halides is 1. The van der Waals surface area contributed by atoms with Gasteiger partial charge < -0.3 is 20.2 Å². The predicted molar refractivity (Wildman–Crippen MR) is 79.9 cm³/mol. The van der Waals surface area contributed by atoms with E-state index in [1.54, 1.807) is 4.90 Å². The lowest BCUT2D eigenvalue weighted by molar-refractivity contribution is -0.136. The summed E-state index contributed by atoms with van der Waals surface area (Å²) in [5.74, 6) is -0.558. The Morgan fingerprint density at radius 2 is 2.04 bits per heavy atom. The smallest absolute Gasteiger partial charge is 0.248 e. The Hall–Kier alpha value is -1.72. The zero-order valence-electron chi connectivity index (χ0n) is 13.3. The number of piperidine rings is 1. The van der Waals surface area contributed by atoms with E-state index < -0.39 is 18.8 Å². The van der Waals surface area contributed by atoms with Crippen LogP contribution in [-0.4, -0.2) is 77.3 Å². The van der Waals surface area contributed by atoms with E-state index in [9.17, 15) is 14.0 Å². The van der Waals surface area contributed by atoms with Crippen LogP contribution in [0.1, 0.15) is 26.2 Å². The maximum Gasteiger partial charge on any atom is 0.248 e. The van der Waals surface area contributed by atoms with Crippen LogP contribution >= 0.6 is 0 Å². The molecule has 2 aliphatic rings. The summed E-state index contributed by atoms with van der Waals surface area (Å²) in [6.45, 7) is 2.56. The van der Waals surface area contributed by atoms with Crippen molar-refractivity contribution in [3.63, 3.8) is 0 Å². The second kappa shape index (κ2) is 7.23. The summed E-state index contributed by atoms with van der Waals surface area (Å²) in [4.78, 5) is 26.6. The SMILES string of the molecule is CC1(NCC(=O)N2C[C@@H](F)C[C@@H]2C#N)CCN(C(=O)CO)CC1. The van der Waals surface area contributed by atoms with Crippen LogP contribution in [0.4, 0.5) is 4.39 Å². The van der Waals surface area contributed by atoms with Gasteiger partial charge in [0.2, 0.25) is 11.8 Å². The number of rotatable bonds is 4. The van der Waals surface area contributed by atoms with Crippen molar-refractivity contribution < 1.29 is 19.1 Å². The Morgan fingerprint density at radius 3 is 2.61 bits per heavy atom. The molecule has 2 fully saturated rings. The number of halogens is 1. The summed E-state index contributed by atoms with van der Waals surface area (Å²) in [7, 11) is 0. The molecule has 128 valence electrons. The van der Waals surface area contributed by atoms with Crippen molar-refractivity contribution in [3.05, 3.63) is 0 Å². The minimum Gasteiger partial charge on any atom is -0.387 e. The fraction of sp³-hybridized carbons (Fsp3) is 0.800. The molecule has 2 rings (SSSR count). The molecule has 0 unspecified atom stereocenters. The summed E-state index contributed by atoms with van der Waals surface area (Å²) >= 11 is 0. The molecule has 23 heavy (non-hydrogen) atoms. The molecule has 0 bridgehead atoms. The zero-order chi connectivity index (χ0) is 17.0. The molecule has 0 saturated carbocycles. The van der Waals surface area contributed by atoms with E-state index in [0.29, 0.717) is 25.9 Å². The van der Waals surface area contributed by atoms with Gasteiger partial charge in [-0.1, -0.05) is 0 Å². The lowest BCUT2D eigenvalue weighted by atomic mass is 9.89. The largest absolute Gasteiger partial charge is 0.387 e. The van der Waals surface area contributed by atoms with Crippen LogP contribution in [0.25, 0.3) is 0 Å². The van der Waals surface area contributed by atoms with Crippen molar-refractivity contribution in [1.29, 1.82) is 5.26 Å². The van der Waals surface area contributed by atoms with Gasteiger partial charge in [-0.3, -0.25) is 9.59 Å². The lowest BCUT2D eigenvalue weighted by Gasteiger charge is -2.40. The Kier molecular flexibility index (Phi) is 5.55. The number of aliphatic hydroxyl groups excluding tert-OH is 1. The molecule has 0 radical (unpaired) electrons. The third kappa shape index (κ3) is 4.18. The zero-order valence-corrected chi connectivity index (χ0v) is 13.3. The number of amides is 2. The van der Waals surface area contributed by atoms with Crippen LogP contribution in [0.5, 0.6) is 0 Å². The molecule has 0 aromatic carbocycles. The maximum absolute atomic E-state index is 13.4. The Labute approximate surface area is 135 Å². The van der Waals surface area contributed by atoms with Crippen LogP contribution in [-0.2, 0) is 9.59 Å². The number of carbonyl (C=O) groups is 2. The third-order valence-corrected chi connectivity index (χ3v) is 4.74. The van der Waals surface area contributed by atoms with Crippen LogP contribution in [0.3, 0.4) is 0 Å². The van der Waals surface area contributed by atoms with Crippen LogP contribution < -0.4 is 5.32 Å². The number of carbonyl (C=O) groups excluding carboxylic acids is 2. The molecule has 2 amide bonds. The van der Waals surface area contributed by atoms with Gasteiger partial charge in [0.15, 0.2) is 0 Å². The van der Waals surface area contributed by atoms with Crippen LogP contribution in [0.2, 0.25) is 0 Å². The van der Waals surface area contributed by atoms with E-state index in [0.717, 1.165) is 0 Å². The second-order valence-electron chi connectivity index (χ2n) is 6.48. The Balaban J connectivity index is 1.83. The third-order valence-electron chi connectivity index (χ3n) is 4.74. The fourth-order valence-electron chi connectivity index (χ4n) is 3.10. The van der Waals surface area contributed by atoms with Gasteiger partial charge in [0, 0.05) is 25.0 Å². The highest BCUT2D eigenvalue weighted by molar-refractivity contribution is 5.79. The minimum atomic E-state index is -1.13. The first-order chi connectivity index (χ1) is 10.9. The summed E-state index contributed by atoms with van der Waals surface area (Å²) in [6.07, 6.45) is 0.281. The van der Waals surface area contributed by atoms with Crippen LogP contribution in [0, 0.1) is 11.3 Å². The topological polar surface area (TPSA) is 96.7 Å². The first-order valence-corrected chi connectivity index (χ1v) is 7.85. The number of nitrogens with one attached hydrogen (secondary N) is 1. The quantitative estimate of drug-likeness (QED) is 0.720. The highest BCUT2D eigenvalue weighted by Crippen LogP contribution is 2.23. The summed E-state index contributed by atoms with van der Waals surface area (Å²) in [5.41, 5.74) is -0.293. The van der Waals surface area contributed by atoms with Crippen molar-refractivity contribution >= 4 is 11.8 Å². The molecule has 2 aliphatic heterocycles. The standard InChI is InChI=1S/C15H23FN4O3/c1-15(2-4-19(5-3-15)14(23)10-21)18-8-13(22)20-9-11(16)6-12(20)7-17/h11-12,18,21H,2-6,8-10H2,1H3/t11-,12+/m0/s1. The van der Waals surface area contributed by atoms with Gasteiger partial charge in [0.1, 0.15) is 18.8 Å². The molecule has 2 N–H and O–H groups in total. The molecule has 8 heteroatoms. The summed E-state index contributed by atoms with van der Waals surface area (Å²) in [6, 6.07) is 1.28. The maximum atomic E-state index is 13.4. The fourth-order valence-corrected chi connectivity index (χ4v) is 3.10. The van der Waals surface area contributed by atoms with Crippen molar-refractivity contribution in [2.45, 2.75) is 43.9 Å². The number of aliphatic hydroxyl groups is 1. The highest BCUT2D eigenvalue weighted by atomic mass is 19.1. The van der Waals surface area contributed by atoms with E-state index in [2.05, 4.69) is 5.32 Å². The van der Waals surface area contributed by atoms with Gasteiger partial charge in [-0.05, 0) is 19.8 Å². The van der Waals surface area contributed by atoms with Gasteiger partial charge in [-0.15, -0.1) is 0 Å². The average Bonchev–Trinajstić information content (AvgIpc) is 2.94. The molecular weight excluding hydrogens is 303 g/mol. The van der Waals surface area contributed by atoms with Gasteiger partial charge in [0.05, 0.1) is 19.2 Å². The van der Waals surface area contributed by atoms with Crippen molar-refractivity contribution in [2.24, 2.45) is 0 Å². The molecule has 2 atom stereocenters. The normalized spacial score (nSPS) is 26.9. The lowest BCUT2D eigenvalue weighted by Crippen LogP contribution is -2.55. The number of hydrogen-bond donors (Lipinski definition) is 2. The summed E-state index contributed by atoms with van der Waals surface area (Å²) in [5, 5.41) is 21.0. The molecule has 0 aromatic heterocycles. The number of hydrogen-bond acceptors (Lipinski definition) is 5. The summed E-state index contributed by atoms with van der Waals surface area (Å²) < 4.78 is 13.4. The molecule has 0 aromatic rings. The predicted octanol–water partition coefficient (Wildman–Crippen LogP) is -0.588. The van der Waals surface area contributed by atoms with Crippen molar-refractivity contribution in [3.8, 4) is 6.07 Å². The number of nitriles is 1. The second-order valence-corrected chi connectivity index (χ2v) is 6.48. The molecular formula is C15H23FN4O3. The average molecular weight is 326 g/mol. The molecule has 0 spiro atoms. The van der Waals surface area contributed by atoms with E-state index >= 15 is 0 Å². The first kappa shape index (κ1) is 17.6. The molecule has 0 aliphatic carbocycles. The Morgan fingerprint density at radius 1 is 1.39 bits per heavy atom. The Bertz CT molecular complexity index is 499. The highest BCUT2D eigenvalue weighted by Gasteiger charge is 2.37. The molecule has 7 nitrogen and oxygen atoms in total. The van der Waals surface area contributed by atoms with E-state index in [1.807, 2.05) is 13.0 Å². The van der Waals surface area contributed by atoms with Gasteiger partial charge in [-0.25, -0.2) is 4.39 Å². The van der Waals surface area contributed by atoms with Gasteiger partial charge in [0.25, 0.3) is 0 Å². The van der Waals surface area contributed by atoms with Crippen molar-refractivity contribution in [2.75, 3.05) is 32.8 Å². The molecule has 2 saturated heterocycles. The minimum absolute atomic E-state index is 0.0196. The van der Waals surface area contributed by atoms with E-state index in [4.69, 9.17) is 10.4 Å². The molecule has 2 heterocycles. The van der Waals surface area contributed by atoms with Crippen LogP contribution in [0.15, 0.2) is 0 Å². The first-order valence-electron chi connectivity index (χ1n) is 7.85.